The van der Waals surface area contributed by atoms with Crippen molar-refractivity contribution in [2.45, 2.75) is 38.1 Å². The summed E-state index contributed by atoms with van der Waals surface area (Å²) in [6, 6.07) is 0.170. The molecule has 0 aromatic rings. The van der Waals surface area contributed by atoms with E-state index >= 15 is 0 Å². The summed E-state index contributed by atoms with van der Waals surface area (Å²) < 4.78 is 8.88. The molecule has 0 radical (unpaired) electrons. The average molecular weight is 277 g/mol. The van der Waals surface area contributed by atoms with E-state index in [0.29, 0.717) is 0 Å². The molecule has 0 saturated heterocycles. The zero-order valence-electron chi connectivity index (χ0n) is 9.73. The molecule has 0 aromatic carbocycles. The van der Waals surface area contributed by atoms with Crippen molar-refractivity contribution in [3.8, 4) is 0 Å². The van der Waals surface area contributed by atoms with Gasteiger partial charge in [0, 0.05) is 18.2 Å². The lowest BCUT2D eigenvalue weighted by molar-refractivity contribution is -0.140. The van der Waals surface area contributed by atoms with E-state index in [1.165, 1.54) is 23.5 Å². The maximum absolute atomic E-state index is 11.3. The quantitative estimate of drug-likeness (QED) is 0.469. The number of carbonyl (C=O) groups is 2. The van der Waals surface area contributed by atoms with Crippen LogP contribution in [0.5, 0.6) is 0 Å². The second-order valence-corrected chi connectivity index (χ2v) is 5.21. The predicted octanol–water partition coefficient (Wildman–Crippen LogP) is 0.315. The summed E-state index contributed by atoms with van der Waals surface area (Å²) in [6.07, 6.45) is 8.23. The molecular formula is C10H16NO6P. The first-order valence-corrected chi connectivity index (χ1v) is 7.19. The van der Waals surface area contributed by atoms with Crippen molar-refractivity contribution in [1.29, 1.82) is 0 Å². The van der Waals surface area contributed by atoms with Gasteiger partial charge in [-0.1, -0.05) is 19.3 Å². The molecule has 0 unspecified atom stereocenters. The average Bonchev–Trinajstić information content (AvgIpc) is 2.57. The molecule has 2 amide bonds. The van der Waals surface area contributed by atoms with Gasteiger partial charge in [0.05, 0.1) is 0 Å². The van der Waals surface area contributed by atoms with Gasteiger partial charge in [-0.3, -0.25) is 14.5 Å². The molecular weight excluding hydrogens is 261 g/mol. The summed E-state index contributed by atoms with van der Waals surface area (Å²) in [4.78, 5) is 45.6. The summed E-state index contributed by atoms with van der Waals surface area (Å²) >= 11 is 0. The van der Waals surface area contributed by atoms with Gasteiger partial charge in [-0.15, -0.1) is 0 Å². The Labute approximate surface area is 104 Å². The molecule has 1 heterocycles. The van der Waals surface area contributed by atoms with Crippen molar-refractivity contribution in [2.24, 2.45) is 0 Å². The first-order chi connectivity index (χ1) is 8.29. The molecule has 8 heteroatoms. The van der Waals surface area contributed by atoms with Gasteiger partial charge in [-0.05, 0) is 12.8 Å². The smallest absolute Gasteiger partial charge is 0.303 e. The van der Waals surface area contributed by atoms with Crippen LogP contribution >= 0.6 is 7.82 Å². The van der Waals surface area contributed by atoms with Gasteiger partial charge in [0.25, 0.3) is 11.8 Å². The summed E-state index contributed by atoms with van der Waals surface area (Å²) in [5.41, 5.74) is 0. The van der Waals surface area contributed by atoms with E-state index in [4.69, 9.17) is 19.2 Å². The third-order valence-corrected chi connectivity index (χ3v) is 2.78. The highest BCUT2D eigenvalue weighted by Crippen LogP contribution is 2.26. The summed E-state index contributed by atoms with van der Waals surface area (Å²) in [5, 5.41) is 0. The normalized spacial score (nSPS) is 20.9. The number of hydrogen-bond acceptors (Lipinski definition) is 3. The topological polar surface area (TPSA) is 115 Å². The van der Waals surface area contributed by atoms with E-state index in [0.717, 1.165) is 25.7 Å². The molecule has 3 N–H and O–H groups in total. The van der Waals surface area contributed by atoms with Crippen LogP contribution in [0.2, 0.25) is 0 Å². The fraction of sp³-hybridized carbons (Fsp3) is 0.600. The van der Waals surface area contributed by atoms with Gasteiger partial charge in [0.2, 0.25) is 0 Å². The van der Waals surface area contributed by atoms with E-state index in [-0.39, 0.29) is 17.9 Å². The van der Waals surface area contributed by atoms with Crippen LogP contribution in [0, 0.1) is 0 Å². The Balaban J connectivity index is 0.000000280. The van der Waals surface area contributed by atoms with Crippen molar-refractivity contribution in [1.82, 2.24) is 4.90 Å². The zero-order valence-corrected chi connectivity index (χ0v) is 10.6. The van der Waals surface area contributed by atoms with E-state index in [1.807, 2.05) is 0 Å². The summed E-state index contributed by atoms with van der Waals surface area (Å²) in [6.45, 7) is 0. The molecule has 2 aliphatic rings. The third-order valence-electron chi connectivity index (χ3n) is 2.78. The van der Waals surface area contributed by atoms with Crippen LogP contribution in [-0.2, 0) is 14.2 Å². The highest BCUT2D eigenvalue weighted by Gasteiger charge is 2.31. The Hall–Kier alpha value is -1.01. The number of imide groups is 1. The Kier molecular flexibility index (Phi) is 5.22. The summed E-state index contributed by atoms with van der Waals surface area (Å²) in [5.74, 6) is -0.256. The van der Waals surface area contributed by atoms with Gasteiger partial charge in [-0.2, -0.15) is 0 Å². The largest absolute Gasteiger partial charge is 0.466 e. The third kappa shape index (κ3) is 5.10. The molecule has 0 spiro atoms. The zero-order chi connectivity index (χ0) is 13.8. The number of phosphoric acid groups is 1. The highest BCUT2D eigenvalue weighted by atomic mass is 31.2. The van der Waals surface area contributed by atoms with E-state index in [9.17, 15) is 9.59 Å². The lowest BCUT2D eigenvalue weighted by atomic mass is 9.94. The number of carbonyl (C=O) groups excluding carboxylic acids is 2. The van der Waals surface area contributed by atoms with Crippen LogP contribution in [0.1, 0.15) is 32.1 Å². The Morgan fingerprint density at radius 1 is 1.00 bits per heavy atom. The van der Waals surface area contributed by atoms with Crippen molar-refractivity contribution >= 4 is 19.6 Å². The Morgan fingerprint density at radius 2 is 1.39 bits per heavy atom. The van der Waals surface area contributed by atoms with Gasteiger partial charge in [0.1, 0.15) is 0 Å². The van der Waals surface area contributed by atoms with E-state index in [1.54, 1.807) is 0 Å². The second kappa shape index (κ2) is 6.24. The molecule has 0 aromatic heterocycles. The van der Waals surface area contributed by atoms with Gasteiger partial charge < -0.3 is 14.7 Å². The van der Waals surface area contributed by atoms with E-state index in [2.05, 4.69) is 0 Å². The lowest BCUT2D eigenvalue weighted by Gasteiger charge is -2.29. The molecule has 7 nitrogen and oxygen atoms in total. The minimum Gasteiger partial charge on any atom is -0.303 e. The molecule has 1 aliphatic carbocycles. The van der Waals surface area contributed by atoms with Gasteiger partial charge in [0.15, 0.2) is 0 Å². The maximum atomic E-state index is 11.3. The fourth-order valence-corrected chi connectivity index (χ4v) is 2.11. The standard InChI is InChI=1S/C10H13NO2.H3O4P/c12-9-6-7-10(13)11(9)8-4-2-1-3-5-8;1-5(2,3)4/h6-8H,1-5H2;(H3,1,2,3,4). The first-order valence-electron chi connectivity index (χ1n) is 5.62. The van der Waals surface area contributed by atoms with Crippen molar-refractivity contribution in [3.63, 3.8) is 0 Å². The molecule has 1 saturated carbocycles. The number of nitrogens with zero attached hydrogens (tertiary/aromatic N) is 1. The van der Waals surface area contributed by atoms with Crippen molar-refractivity contribution in [3.05, 3.63) is 12.2 Å². The molecule has 2 rings (SSSR count). The van der Waals surface area contributed by atoms with Crippen molar-refractivity contribution in [2.75, 3.05) is 0 Å². The monoisotopic (exact) mass is 277 g/mol. The predicted molar refractivity (Wildman–Crippen MR) is 62.1 cm³/mol. The van der Waals surface area contributed by atoms with E-state index < -0.39 is 7.82 Å². The van der Waals surface area contributed by atoms with Crippen LogP contribution in [0.15, 0.2) is 12.2 Å². The fourth-order valence-electron chi connectivity index (χ4n) is 2.11. The molecule has 0 bridgehead atoms. The van der Waals surface area contributed by atoms with Crippen LogP contribution in [0.4, 0.5) is 0 Å². The lowest BCUT2D eigenvalue weighted by Crippen LogP contribution is -2.41. The van der Waals surface area contributed by atoms with Gasteiger partial charge in [-0.25, -0.2) is 4.57 Å². The molecule has 1 fully saturated rings. The minimum atomic E-state index is -4.64. The highest BCUT2D eigenvalue weighted by molar-refractivity contribution is 7.45. The minimum absolute atomic E-state index is 0.128. The molecule has 18 heavy (non-hydrogen) atoms. The molecule has 102 valence electrons. The van der Waals surface area contributed by atoms with Crippen LogP contribution in [-0.4, -0.2) is 37.4 Å². The van der Waals surface area contributed by atoms with Crippen LogP contribution in [0.25, 0.3) is 0 Å². The Morgan fingerprint density at radius 3 is 1.78 bits per heavy atom. The second-order valence-electron chi connectivity index (χ2n) is 4.18. The Bertz CT molecular complexity index is 369. The SMILES string of the molecule is O=C1C=CC(=O)N1C1CCCCC1.O=P(O)(O)O. The molecule has 1 aliphatic heterocycles. The van der Waals surface area contributed by atoms with Crippen LogP contribution < -0.4 is 0 Å². The van der Waals surface area contributed by atoms with Crippen molar-refractivity contribution < 1.29 is 28.8 Å². The molecule has 0 atom stereocenters. The van der Waals surface area contributed by atoms with Gasteiger partial charge >= 0.3 is 7.82 Å². The number of amides is 2. The maximum Gasteiger partial charge on any atom is 0.466 e. The first kappa shape index (κ1) is 15.0. The van der Waals surface area contributed by atoms with Crippen LogP contribution in [0.3, 0.4) is 0 Å². The summed E-state index contributed by atoms with van der Waals surface area (Å²) in [7, 11) is -4.64. The number of hydrogen-bond donors (Lipinski definition) is 3. The number of rotatable bonds is 1.